The van der Waals surface area contributed by atoms with E-state index in [2.05, 4.69) is 5.32 Å². The number of esters is 1. The second-order valence-electron chi connectivity index (χ2n) is 38.7. The number of fused-ring (bicyclic) bond motifs is 2. The number of amides is 1. The van der Waals surface area contributed by atoms with Crippen molar-refractivity contribution in [1.82, 2.24) is 5.32 Å². The predicted molar refractivity (Wildman–Crippen MR) is 463 cm³/mol. The van der Waals surface area contributed by atoms with E-state index < -0.39 is 350 Å². The van der Waals surface area contributed by atoms with E-state index in [-0.39, 0.29) is 44.0 Å². The molecule has 0 radical (unpaired) electrons. The summed E-state index contributed by atoms with van der Waals surface area (Å²) in [7, 11) is 0. The third-order valence-corrected chi connectivity index (χ3v) is 27.9. The van der Waals surface area contributed by atoms with E-state index >= 15 is 0 Å². The SMILES string of the molecule is CCC(O[C@H]1CC[C@@H](O[C@H]2CC[C@@H](O[C@H]3C[C@](C)(N)[C@H](O)[C@H](C)O3)[C@@H](C)O2)[C@@H](C)O1)[C@H](C)[C@H](O)[C@@H](C)[C@H](O)[C@H](C)C1OC(=O)/C=C\C=C\C[C@@H](O)C[C@@H](O)CC[C@@H](C)C(O[C@H]2C[C@@H](O[C@@H]3O[C@H](CO)[C@@H](O)[C@H](O)[C@H]3O)[C@H](O)[C@@H](CO[C@@H]3O[C@H](C)[C@@H](O)[C@H](O)[C@@H]3O)O2)C2(O)OC(CC(O)C2O)[C@@H](C)C(O[C@H]2O[C@H](CO)[C@@H](O)[C@H](O)[C@H]2NC(C)=O)C[C@H](O)C[C@@H](O)C[C@H](O)/C=C/C=C/[C@@H]1C. The zero-order valence-electron chi connectivity index (χ0n) is 78.3. The van der Waals surface area contributed by atoms with Crippen molar-refractivity contribution in [3.8, 4) is 0 Å². The Morgan fingerprint density at radius 1 is 0.526 bits per heavy atom. The number of rotatable bonds is 25. The van der Waals surface area contributed by atoms with E-state index in [1.807, 2.05) is 27.7 Å². The second-order valence-corrected chi connectivity index (χ2v) is 38.7. The van der Waals surface area contributed by atoms with Gasteiger partial charge in [-0.3, -0.25) is 4.79 Å². The Hall–Kier alpha value is -3.62. The Labute approximate surface area is 776 Å². The van der Waals surface area contributed by atoms with Crippen molar-refractivity contribution in [3.05, 3.63) is 48.6 Å². The van der Waals surface area contributed by atoms with Gasteiger partial charge in [-0.15, -0.1) is 0 Å². The fourth-order valence-corrected chi connectivity index (χ4v) is 19.5. The molecule has 25 N–H and O–H groups in total. The molecule has 1 amide bonds. The normalized spacial score (nSPS) is 47.7. The highest BCUT2D eigenvalue weighted by molar-refractivity contribution is 5.82. The molecule has 0 aliphatic carbocycles. The number of aliphatic hydroxyl groups is 22. The van der Waals surface area contributed by atoms with Crippen LogP contribution in [0.15, 0.2) is 48.6 Å². The molecule has 133 heavy (non-hydrogen) atoms. The summed E-state index contributed by atoms with van der Waals surface area (Å²) < 4.78 is 99.7. The van der Waals surface area contributed by atoms with Crippen molar-refractivity contribution >= 4 is 11.9 Å². The van der Waals surface area contributed by atoms with Crippen LogP contribution >= 0.6 is 0 Å². The Morgan fingerprint density at radius 2 is 1.11 bits per heavy atom. The smallest absolute Gasteiger partial charge is 0.331 e. The molecule has 9 aliphatic heterocycles. The summed E-state index contributed by atoms with van der Waals surface area (Å²) in [5.74, 6) is -10.2. The lowest BCUT2D eigenvalue weighted by Crippen LogP contribution is -2.68. The minimum atomic E-state index is -3.15. The molecule has 9 heterocycles. The third-order valence-electron chi connectivity index (χ3n) is 27.9. The van der Waals surface area contributed by atoms with Crippen LogP contribution in [0.3, 0.4) is 0 Å². The zero-order chi connectivity index (χ0) is 98.3. The molecule has 42 nitrogen and oxygen atoms in total. The molecule has 8 fully saturated rings. The largest absolute Gasteiger partial charge is 0.458 e. The molecule has 9 aliphatic rings. The van der Waals surface area contributed by atoms with Crippen molar-refractivity contribution in [2.24, 2.45) is 41.2 Å². The zero-order valence-corrected chi connectivity index (χ0v) is 78.3. The highest BCUT2D eigenvalue weighted by Gasteiger charge is 2.60. The molecule has 2 bridgehead atoms. The van der Waals surface area contributed by atoms with E-state index in [1.165, 1.54) is 51.2 Å². The third kappa shape index (κ3) is 30.0. The molecule has 9 rings (SSSR count). The first kappa shape index (κ1) is 113. The number of carbonyl (C=O) groups is 2. The standard InChI is InChI=1S/C91H156N2O40/c1-14-57(123-67-28-26-58(46(8)119-67)124-68-29-27-59(47(9)120-68)125-70-36-90(13,92)84(115)49(11)121-70)43(5)72(104)44(6)73(105)45(7)83-40(2)20-18-19-22-52(98)31-54(100)32-55(101)33-60(127-87-71(93-50(12)96)78(110)76(108)63(37-94)129-87)42(4)61-34-56(102)85(116)91(117,133-61)86(41(3)24-25-53(99)30-51(97)21-16-15-17-23-66(103)131-83)132-69-35-62(128-89-82(114)80(112)77(109)64(38-95)130-89)75(107)65(126-69)39-118-88-81(113)79(111)74(106)48(10)122-88/h15-20,22-23,40-49,51-65,67-89,94-95,97-102,104-117H,14,21,24-39,92H2,1-13H3,(H,93,96)/b16-15+,20-18+,22-19+,23-17-/t40-,41+,42-,43-,44+,45-,46+,47+,48+,49-,51+,52+,53-,54-,55+,56?,57?,58+,59+,60?,61?,62+,63+,64+,65+,67-,68-,69-,70-,71+,72-,73-,74+,75-,76+,77+,78+,79-,80-,81-,82+,83?,84+,85?,86?,87-,88+,89+,90-,91?/m0/s1. The molecule has 8 saturated heterocycles. The van der Waals surface area contributed by atoms with E-state index in [0.717, 1.165) is 13.0 Å². The molecule has 770 valence electrons. The van der Waals surface area contributed by atoms with E-state index in [9.17, 15) is 122 Å². The summed E-state index contributed by atoms with van der Waals surface area (Å²) in [6.45, 7) is 19.0. The topological polar surface area (TPSA) is 665 Å². The maximum absolute atomic E-state index is 14.0. The summed E-state index contributed by atoms with van der Waals surface area (Å²) in [6.07, 6.45) is -45.7. The lowest BCUT2D eigenvalue weighted by atomic mass is 9.78. The first-order valence-corrected chi connectivity index (χ1v) is 47.2. The summed E-state index contributed by atoms with van der Waals surface area (Å²) in [4.78, 5) is 26.8. The Kier molecular flexibility index (Phi) is 43.6. The van der Waals surface area contributed by atoms with Crippen molar-refractivity contribution in [1.29, 1.82) is 0 Å². The molecule has 8 unspecified atom stereocenters. The van der Waals surface area contributed by atoms with Crippen LogP contribution in [0.1, 0.15) is 186 Å². The van der Waals surface area contributed by atoms with Crippen molar-refractivity contribution in [2.45, 2.75) is 455 Å². The van der Waals surface area contributed by atoms with Gasteiger partial charge in [0.15, 0.2) is 44.0 Å². The number of aliphatic hydroxyl groups excluding tert-OH is 21. The Bertz CT molecular complexity index is 3580. The van der Waals surface area contributed by atoms with Crippen LogP contribution in [0, 0.1) is 35.5 Å². The van der Waals surface area contributed by atoms with Gasteiger partial charge in [-0.05, 0) is 91.9 Å². The molecular weight excluding hydrogens is 1760 g/mol. The average Bonchev–Trinajstić information content (AvgIpc) is 0.756. The maximum Gasteiger partial charge on any atom is 0.331 e. The lowest BCUT2D eigenvalue weighted by Gasteiger charge is -2.52. The van der Waals surface area contributed by atoms with Gasteiger partial charge in [0, 0.05) is 93.1 Å². The van der Waals surface area contributed by atoms with Crippen LogP contribution in [0.2, 0.25) is 0 Å². The number of nitrogens with two attached hydrogens (primary N) is 1. The fourth-order valence-electron chi connectivity index (χ4n) is 19.5. The first-order valence-electron chi connectivity index (χ1n) is 47.2. The molecule has 50 atom stereocenters. The lowest BCUT2D eigenvalue weighted by molar-refractivity contribution is -0.399. The summed E-state index contributed by atoms with van der Waals surface area (Å²) in [6, 6.07) is -1.60. The number of ether oxygens (including phenoxy) is 16. The molecular formula is C91H156N2O40. The van der Waals surface area contributed by atoms with Gasteiger partial charge in [0.25, 0.3) is 0 Å². The van der Waals surface area contributed by atoms with Gasteiger partial charge in [-0.1, -0.05) is 91.0 Å². The van der Waals surface area contributed by atoms with Gasteiger partial charge >= 0.3 is 5.97 Å². The predicted octanol–water partition coefficient (Wildman–Crippen LogP) is -3.54. The minimum Gasteiger partial charge on any atom is -0.458 e. The van der Waals surface area contributed by atoms with Crippen LogP contribution in [-0.2, 0) is 85.4 Å². The van der Waals surface area contributed by atoms with Gasteiger partial charge in [-0.2, -0.15) is 0 Å². The number of nitrogens with one attached hydrogen (secondary N) is 1. The Morgan fingerprint density at radius 3 is 1.75 bits per heavy atom. The number of hydrogen-bond acceptors (Lipinski definition) is 41. The van der Waals surface area contributed by atoms with Crippen LogP contribution in [0.25, 0.3) is 0 Å². The van der Waals surface area contributed by atoms with Crippen LogP contribution in [0.4, 0.5) is 0 Å². The summed E-state index contributed by atoms with van der Waals surface area (Å²) >= 11 is 0. The first-order chi connectivity index (χ1) is 62.6. The van der Waals surface area contributed by atoms with Gasteiger partial charge in [-0.25, -0.2) is 4.79 Å². The monoisotopic (exact) mass is 1920 g/mol. The molecule has 0 aromatic rings. The minimum absolute atomic E-state index is 0.0904. The number of cyclic esters (lactones) is 1. The number of carbonyl (C=O) groups excluding carboxylic acids is 2. The van der Waals surface area contributed by atoms with E-state index in [0.29, 0.717) is 38.5 Å². The average molecular weight is 1920 g/mol. The van der Waals surface area contributed by atoms with Gasteiger partial charge in [0.1, 0.15) is 97.6 Å². The van der Waals surface area contributed by atoms with Crippen molar-refractivity contribution < 1.29 is 198 Å². The van der Waals surface area contributed by atoms with Crippen molar-refractivity contribution in [3.63, 3.8) is 0 Å². The molecule has 42 heteroatoms. The second kappa shape index (κ2) is 51.4. The van der Waals surface area contributed by atoms with Crippen molar-refractivity contribution in [2.75, 3.05) is 19.8 Å². The van der Waals surface area contributed by atoms with Gasteiger partial charge in [0.05, 0.1) is 136 Å². The molecule has 0 aromatic carbocycles. The Balaban J connectivity index is 0.943. The summed E-state index contributed by atoms with van der Waals surface area (Å²) in [5.41, 5.74) is 5.50. The highest BCUT2D eigenvalue weighted by atomic mass is 16.8. The van der Waals surface area contributed by atoms with E-state index in [1.54, 1.807) is 46.8 Å². The van der Waals surface area contributed by atoms with Crippen LogP contribution in [-0.4, -0.2) is 413 Å². The fraction of sp³-hybridized carbons (Fsp3) is 0.890. The molecule has 0 spiro atoms. The number of allylic oxidation sites excluding steroid dienone is 4. The quantitative estimate of drug-likeness (QED) is 0.0394. The molecule has 0 saturated carbocycles. The van der Waals surface area contributed by atoms with Gasteiger partial charge < -0.3 is 199 Å². The van der Waals surface area contributed by atoms with E-state index in [4.69, 9.17) is 81.5 Å². The van der Waals surface area contributed by atoms with Gasteiger partial charge in [0.2, 0.25) is 11.7 Å². The number of hydrogen-bond donors (Lipinski definition) is 24. The summed E-state index contributed by atoms with van der Waals surface area (Å²) in [5, 5.41) is 254. The highest BCUT2D eigenvalue weighted by Crippen LogP contribution is 2.45. The van der Waals surface area contributed by atoms with Crippen LogP contribution < -0.4 is 11.1 Å². The van der Waals surface area contributed by atoms with Crippen LogP contribution in [0.5, 0.6) is 0 Å². The maximum atomic E-state index is 14.0. The molecule has 0 aromatic heterocycles.